The van der Waals surface area contributed by atoms with Gasteiger partial charge < -0.3 is 5.73 Å². The van der Waals surface area contributed by atoms with Crippen LogP contribution in [0.3, 0.4) is 0 Å². The summed E-state index contributed by atoms with van der Waals surface area (Å²) >= 11 is 0. The minimum absolute atomic E-state index is 0.667. The number of nitrogen functional groups attached to an aromatic ring is 1. The Bertz CT molecular complexity index is 238. The Labute approximate surface area is 81.0 Å². The van der Waals surface area contributed by atoms with Gasteiger partial charge in [-0.2, -0.15) is 0 Å². The molecule has 13 heavy (non-hydrogen) atoms. The minimum Gasteiger partial charge on any atom is -0.399 e. The van der Waals surface area contributed by atoms with E-state index >= 15 is 0 Å². The third-order valence-corrected chi connectivity index (χ3v) is 2.50. The fraction of sp³-hybridized carbons (Fsp3) is 0.500. The Balaban J connectivity index is 2.55. The van der Waals surface area contributed by atoms with E-state index in [1.54, 1.807) is 0 Å². The zero-order chi connectivity index (χ0) is 9.68. The molecule has 0 saturated carbocycles. The van der Waals surface area contributed by atoms with Crippen molar-refractivity contribution in [2.75, 3.05) is 5.73 Å². The maximum atomic E-state index is 5.63. The standard InChI is InChI=1S/C12H19N/c1-3-4-5-10(2)11-6-8-12(13)9-7-11/h6-10H,3-5,13H2,1-2H3. The summed E-state index contributed by atoms with van der Waals surface area (Å²) in [7, 11) is 0. The number of hydrogen-bond donors (Lipinski definition) is 1. The van der Waals surface area contributed by atoms with Crippen molar-refractivity contribution in [1.82, 2.24) is 0 Å². The lowest BCUT2D eigenvalue weighted by atomic mass is 9.95. The van der Waals surface area contributed by atoms with Crippen LogP contribution >= 0.6 is 0 Å². The maximum absolute atomic E-state index is 5.63. The summed E-state index contributed by atoms with van der Waals surface area (Å²) in [5.74, 6) is 0.667. The van der Waals surface area contributed by atoms with Crippen LogP contribution in [-0.4, -0.2) is 0 Å². The van der Waals surface area contributed by atoms with Crippen LogP contribution < -0.4 is 5.73 Å². The van der Waals surface area contributed by atoms with E-state index < -0.39 is 0 Å². The van der Waals surface area contributed by atoms with Crippen LogP contribution in [0.5, 0.6) is 0 Å². The van der Waals surface area contributed by atoms with Gasteiger partial charge in [0.15, 0.2) is 0 Å². The largest absolute Gasteiger partial charge is 0.399 e. The molecule has 0 spiro atoms. The molecule has 0 aliphatic carbocycles. The molecule has 0 aliphatic heterocycles. The summed E-state index contributed by atoms with van der Waals surface area (Å²) < 4.78 is 0. The molecule has 1 rings (SSSR count). The van der Waals surface area contributed by atoms with Gasteiger partial charge in [0.05, 0.1) is 0 Å². The van der Waals surface area contributed by atoms with E-state index in [1.165, 1.54) is 24.8 Å². The number of benzene rings is 1. The molecule has 0 aliphatic rings. The number of anilines is 1. The second kappa shape index (κ2) is 4.90. The average molecular weight is 177 g/mol. The first-order valence-corrected chi connectivity index (χ1v) is 5.09. The molecular weight excluding hydrogens is 158 g/mol. The van der Waals surface area contributed by atoms with Gasteiger partial charge in [-0.05, 0) is 30.0 Å². The fourth-order valence-electron chi connectivity index (χ4n) is 1.50. The van der Waals surface area contributed by atoms with Crippen molar-refractivity contribution in [3.8, 4) is 0 Å². The molecule has 1 nitrogen and oxygen atoms in total. The molecule has 0 bridgehead atoms. The van der Waals surface area contributed by atoms with Crippen molar-refractivity contribution in [3.05, 3.63) is 29.8 Å². The van der Waals surface area contributed by atoms with Gasteiger partial charge in [-0.25, -0.2) is 0 Å². The van der Waals surface area contributed by atoms with Gasteiger partial charge in [-0.15, -0.1) is 0 Å². The summed E-state index contributed by atoms with van der Waals surface area (Å²) in [6, 6.07) is 8.24. The molecule has 0 fully saturated rings. The van der Waals surface area contributed by atoms with E-state index in [1.807, 2.05) is 12.1 Å². The topological polar surface area (TPSA) is 26.0 Å². The lowest BCUT2D eigenvalue weighted by Gasteiger charge is -2.10. The SMILES string of the molecule is CCCCC(C)c1ccc(N)cc1. The van der Waals surface area contributed by atoms with Gasteiger partial charge in [0.25, 0.3) is 0 Å². The van der Waals surface area contributed by atoms with Crippen LogP contribution in [0.4, 0.5) is 5.69 Å². The van der Waals surface area contributed by atoms with Crippen LogP contribution in [0.2, 0.25) is 0 Å². The Hall–Kier alpha value is -0.980. The van der Waals surface area contributed by atoms with Gasteiger partial charge >= 0.3 is 0 Å². The molecule has 0 radical (unpaired) electrons. The lowest BCUT2D eigenvalue weighted by molar-refractivity contribution is 0.624. The highest BCUT2D eigenvalue weighted by Crippen LogP contribution is 2.21. The number of hydrogen-bond acceptors (Lipinski definition) is 1. The van der Waals surface area contributed by atoms with Crippen molar-refractivity contribution < 1.29 is 0 Å². The Kier molecular flexibility index (Phi) is 3.81. The predicted octanol–water partition coefficient (Wildman–Crippen LogP) is 3.56. The summed E-state index contributed by atoms with van der Waals surface area (Å²) in [5.41, 5.74) is 7.89. The highest BCUT2D eigenvalue weighted by atomic mass is 14.5. The van der Waals surface area contributed by atoms with Crippen LogP contribution in [0, 0.1) is 0 Å². The Morgan fingerprint density at radius 3 is 2.38 bits per heavy atom. The van der Waals surface area contributed by atoms with Crippen LogP contribution in [0.15, 0.2) is 24.3 Å². The number of rotatable bonds is 4. The van der Waals surface area contributed by atoms with Crippen molar-refractivity contribution in [1.29, 1.82) is 0 Å². The molecule has 0 heterocycles. The van der Waals surface area contributed by atoms with Crippen LogP contribution in [0.25, 0.3) is 0 Å². The summed E-state index contributed by atoms with van der Waals surface area (Å²) in [6.45, 7) is 4.51. The molecule has 1 aromatic carbocycles. The van der Waals surface area contributed by atoms with E-state index in [4.69, 9.17) is 5.73 Å². The quantitative estimate of drug-likeness (QED) is 0.699. The van der Waals surface area contributed by atoms with E-state index in [-0.39, 0.29) is 0 Å². The summed E-state index contributed by atoms with van der Waals surface area (Å²) in [4.78, 5) is 0. The average Bonchev–Trinajstić information content (AvgIpc) is 2.15. The first-order chi connectivity index (χ1) is 6.24. The summed E-state index contributed by atoms with van der Waals surface area (Å²) in [5, 5.41) is 0. The van der Waals surface area contributed by atoms with Crippen molar-refractivity contribution >= 4 is 5.69 Å². The Morgan fingerprint density at radius 1 is 1.23 bits per heavy atom. The van der Waals surface area contributed by atoms with E-state index in [0.29, 0.717) is 5.92 Å². The number of nitrogens with two attached hydrogens (primary N) is 1. The van der Waals surface area contributed by atoms with E-state index in [0.717, 1.165) is 5.69 Å². The maximum Gasteiger partial charge on any atom is 0.0314 e. The van der Waals surface area contributed by atoms with Crippen molar-refractivity contribution in [3.63, 3.8) is 0 Å². The first-order valence-electron chi connectivity index (χ1n) is 5.09. The summed E-state index contributed by atoms with van der Waals surface area (Å²) in [6.07, 6.45) is 3.87. The van der Waals surface area contributed by atoms with E-state index in [2.05, 4.69) is 26.0 Å². The Morgan fingerprint density at radius 2 is 1.85 bits per heavy atom. The second-order valence-corrected chi connectivity index (χ2v) is 3.71. The minimum atomic E-state index is 0.667. The van der Waals surface area contributed by atoms with Crippen molar-refractivity contribution in [2.45, 2.75) is 39.0 Å². The third kappa shape index (κ3) is 3.10. The van der Waals surface area contributed by atoms with Crippen molar-refractivity contribution in [2.24, 2.45) is 0 Å². The van der Waals surface area contributed by atoms with Gasteiger partial charge in [-0.3, -0.25) is 0 Å². The first kappa shape index (κ1) is 10.1. The molecule has 1 unspecified atom stereocenters. The lowest BCUT2D eigenvalue weighted by Crippen LogP contribution is -1.94. The zero-order valence-corrected chi connectivity index (χ0v) is 8.59. The predicted molar refractivity (Wildman–Crippen MR) is 58.8 cm³/mol. The molecule has 0 aromatic heterocycles. The molecule has 72 valence electrons. The molecule has 0 amide bonds. The third-order valence-electron chi connectivity index (χ3n) is 2.50. The van der Waals surface area contributed by atoms with E-state index in [9.17, 15) is 0 Å². The monoisotopic (exact) mass is 177 g/mol. The molecule has 1 heteroatoms. The zero-order valence-electron chi connectivity index (χ0n) is 8.59. The van der Waals surface area contributed by atoms with Crippen LogP contribution in [0.1, 0.15) is 44.6 Å². The number of unbranched alkanes of at least 4 members (excludes halogenated alkanes) is 1. The highest BCUT2D eigenvalue weighted by Gasteiger charge is 2.03. The molecular formula is C12H19N. The normalized spacial score (nSPS) is 12.8. The molecule has 2 N–H and O–H groups in total. The highest BCUT2D eigenvalue weighted by molar-refractivity contribution is 5.40. The molecule has 1 aromatic rings. The van der Waals surface area contributed by atoms with Crippen LogP contribution in [-0.2, 0) is 0 Å². The van der Waals surface area contributed by atoms with Gasteiger partial charge in [0.1, 0.15) is 0 Å². The molecule has 0 saturated heterocycles. The smallest absolute Gasteiger partial charge is 0.0314 e. The van der Waals surface area contributed by atoms with Gasteiger partial charge in [-0.1, -0.05) is 38.8 Å². The molecule has 1 atom stereocenters. The van der Waals surface area contributed by atoms with Gasteiger partial charge in [0, 0.05) is 5.69 Å². The van der Waals surface area contributed by atoms with Gasteiger partial charge in [0.2, 0.25) is 0 Å². The fourth-order valence-corrected chi connectivity index (χ4v) is 1.50. The second-order valence-electron chi connectivity index (χ2n) is 3.71.